The van der Waals surface area contributed by atoms with E-state index in [0.717, 1.165) is 72.2 Å². The Hall–Kier alpha value is -3.89. The first kappa shape index (κ1) is 35.6. The minimum absolute atomic E-state index is 0.000432. The zero-order chi connectivity index (χ0) is 32.8. The second-order valence-electron chi connectivity index (χ2n) is 11.5. The van der Waals surface area contributed by atoms with Gasteiger partial charge in [-0.25, -0.2) is 8.42 Å². The van der Waals surface area contributed by atoms with Crippen molar-refractivity contribution in [3.8, 4) is 22.6 Å². The van der Waals surface area contributed by atoms with Gasteiger partial charge in [-0.15, -0.1) is 0 Å². The van der Waals surface area contributed by atoms with E-state index in [1.807, 2.05) is 50.5 Å². The molecule has 0 aliphatic rings. The van der Waals surface area contributed by atoms with E-state index in [2.05, 4.69) is 11.0 Å². The van der Waals surface area contributed by atoms with Gasteiger partial charge in [0.1, 0.15) is 11.5 Å². The summed E-state index contributed by atoms with van der Waals surface area (Å²) >= 11 is 0. The number of hydrogen-bond donors (Lipinski definition) is 2. The zero-order valence-electron chi connectivity index (χ0n) is 26.5. The van der Waals surface area contributed by atoms with Crippen LogP contribution in [0.25, 0.3) is 11.1 Å². The molecule has 0 atom stereocenters. The van der Waals surface area contributed by atoms with E-state index in [0.29, 0.717) is 25.2 Å². The van der Waals surface area contributed by atoms with E-state index in [4.69, 9.17) is 14.6 Å². The van der Waals surface area contributed by atoms with Gasteiger partial charge in [-0.05, 0) is 110 Å². The van der Waals surface area contributed by atoms with Crippen LogP contribution < -0.4 is 9.47 Å². The number of aryl methyl sites for hydroxylation is 1. The summed E-state index contributed by atoms with van der Waals surface area (Å²) in [5.74, 6) is -0.365. The predicted molar refractivity (Wildman–Crippen MR) is 175 cm³/mol. The molecule has 0 aromatic heterocycles. The largest absolute Gasteiger partial charge is 0.494 e. The van der Waals surface area contributed by atoms with Crippen molar-refractivity contribution in [2.45, 2.75) is 69.2 Å². The maximum atomic E-state index is 12.1. The van der Waals surface area contributed by atoms with Crippen LogP contribution in [0.1, 0.15) is 61.6 Å². The molecule has 45 heavy (non-hydrogen) atoms. The molecule has 0 radical (unpaired) electrons. The van der Waals surface area contributed by atoms with Crippen LogP contribution in [0.15, 0.2) is 65.6 Å². The van der Waals surface area contributed by atoms with Crippen molar-refractivity contribution >= 4 is 21.8 Å². The summed E-state index contributed by atoms with van der Waals surface area (Å²) in [6.07, 6.45) is 6.53. The van der Waals surface area contributed by atoms with Gasteiger partial charge in [-0.2, -0.15) is 0 Å². The van der Waals surface area contributed by atoms with Crippen molar-refractivity contribution in [3.05, 3.63) is 77.4 Å². The monoisotopic (exact) mass is 639 g/mol. The van der Waals surface area contributed by atoms with Crippen LogP contribution in [-0.2, 0) is 38.8 Å². The summed E-state index contributed by atoms with van der Waals surface area (Å²) in [6.45, 7) is 1.54. The van der Waals surface area contributed by atoms with Crippen molar-refractivity contribution in [1.82, 2.24) is 4.90 Å². The first-order valence-electron chi connectivity index (χ1n) is 15.3. The van der Waals surface area contributed by atoms with Gasteiger partial charge >= 0.3 is 11.9 Å². The molecule has 3 aromatic rings. The highest BCUT2D eigenvalue weighted by molar-refractivity contribution is 7.90. The molecule has 0 aliphatic carbocycles. The third-order valence-electron chi connectivity index (χ3n) is 7.28. The Balaban J connectivity index is 1.56. The summed E-state index contributed by atoms with van der Waals surface area (Å²) in [4.78, 5) is 24.4. The van der Waals surface area contributed by atoms with Gasteiger partial charge in [0, 0.05) is 25.6 Å². The Morgan fingerprint density at radius 3 is 2.18 bits per heavy atom. The Morgan fingerprint density at radius 2 is 1.47 bits per heavy atom. The minimum Gasteiger partial charge on any atom is -0.494 e. The van der Waals surface area contributed by atoms with Crippen LogP contribution >= 0.6 is 0 Å². The molecule has 0 bridgehead atoms. The number of rotatable bonds is 20. The van der Waals surface area contributed by atoms with Crippen LogP contribution in [0.2, 0.25) is 0 Å². The Kier molecular flexibility index (Phi) is 13.9. The molecule has 0 unspecified atom stereocenters. The van der Waals surface area contributed by atoms with Crippen LogP contribution in [0.3, 0.4) is 0 Å². The highest BCUT2D eigenvalue weighted by atomic mass is 32.2. The van der Waals surface area contributed by atoms with E-state index in [-0.39, 0.29) is 24.3 Å². The Labute approximate surface area is 266 Å². The molecule has 0 saturated heterocycles. The van der Waals surface area contributed by atoms with Gasteiger partial charge in [0.15, 0.2) is 9.84 Å². The van der Waals surface area contributed by atoms with Gasteiger partial charge < -0.3 is 24.6 Å². The van der Waals surface area contributed by atoms with Gasteiger partial charge in [0.05, 0.1) is 18.1 Å². The van der Waals surface area contributed by atoms with Crippen LogP contribution in [0.5, 0.6) is 11.5 Å². The second-order valence-corrected chi connectivity index (χ2v) is 13.6. The lowest BCUT2D eigenvalue weighted by Crippen LogP contribution is -2.11. The highest BCUT2D eigenvalue weighted by Gasteiger charge is 2.13. The van der Waals surface area contributed by atoms with Gasteiger partial charge in [-0.1, -0.05) is 37.1 Å². The zero-order valence-corrected chi connectivity index (χ0v) is 27.3. The van der Waals surface area contributed by atoms with Gasteiger partial charge in [-0.3, -0.25) is 9.59 Å². The molecule has 0 aliphatic heterocycles. The molecule has 0 amide bonds. The van der Waals surface area contributed by atoms with Crippen molar-refractivity contribution in [1.29, 1.82) is 0 Å². The number of aliphatic carboxylic acids is 2. The number of sulfone groups is 1. The standard InChI is InChI=1S/C35H45NO8S/c1-36(2)25-26-21-29(28-13-8-14-31(24-28)45(3,41)42)23-30(22-26)43-19-7-5-4-6-11-27-12-9-15-33(32(27)17-18-35(39)40)44-20-10-16-34(37)38/h8-9,12-15,21-24H,4-7,10-11,16-20,25H2,1-3H3,(H,37,38)(H,39,40). The highest BCUT2D eigenvalue weighted by Crippen LogP contribution is 2.29. The number of nitrogens with zero attached hydrogens (tertiary/aromatic N) is 1. The molecular weight excluding hydrogens is 594 g/mol. The van der Waals surface area contributed by atoms with Crippen molar-refractivity contribution in [3.63, 3.8) is 0 Å². The first-order valence-corrected chi connectivity index (χ1v) is 17.2. The maximum absolute atomic E-state index is 12.1. The number of carboxylic acid groups (broad SMARTS) is 2. The third kappa shape index (κ3) is 12.6. The third-order valence-corrected chi connectivity index (χ3v) is 8.39. The molecule has 0 heterocycles. The number of unbranched alkanes of at least 4 members (excludes halogenated alkanes) is 3. The number of carboxylic acids is 2. The number of benzene rings is 3. The second kappa shape index (κ2) is 17.6. The fourth-order valence-electron chi connectivity index (χ4n) is 5.14. The molecule has 0 saturated carbocycles. The lowest BCUT2D eigenvalue weighted by Gasteiger charge is -2.16. The Bertz CT molecular complexity index is 1530. The van der Waals surface area contributed by atoms with Crippen molar-refractivity contribution in [2.24, 2.45) is 0 Å². The topological polar surface area (TPSA) is 130 Å². The van der Waals surface area contributed by atoms with Gasteiger partial charge in [0.25, 0.3) is 0 Å². The number of ether oxygens (including phenoxy) is 2. The Morgan fingerprint density at radius 1 is 0.756 bits per heavy atom. The summed E-state index contributed by atoms with van der Waals surface area (Å²) < 4.78 is 36.2. The molecule has 0 fully saturated rings. The average Bonchev–Trinajstić information content (AvgIpc) is 2.97. The van der Waals surface area contributed by atoms with Crippen LogP contribution in [0.4, 0.5) is 0 Å². The van der Waals surface area contributed by atoms with E-state index < -0.39 is 21.8 Å². The lowest BCUT2D eigenvalue weighted by atomic mass is 9.97. The van der Waals surface area contributed by atoms with E-state index >= 15 is 0 Å². The molecule has 0 spiro atoms. The van der Waals surface area contributed by atoms with Crippen molar-refractivity contribution in [2.75, 3.05) is 33.6 Å². The average molecular weight is 640 g/mol. The van der Waals surface area contributed by atoms with Crippen LogP contribution in [0, 0.1) is 0 Å². The fourth-order valence-corrected chi connectivity index (χ4v) is 5.80. The summed E-state index contributed by atoms with van der Waals surface area (Å²) in [6, 6.07) is 18.7. The van der Waals surface area contributed by atoms with Gasteiger partial charge in [0.2, 0.25) is 0 Å². The molecule has 9 nitrogen and oxygen atoms in total. The summed E-state index contributed by atoms with van der Waals surface area (Å²) in [5.41, 5.74) is 4.74. The maximum Gasteiger partial charge on any atom is 0.303 e. The molecule has 10 heteroatoms. The lowest BCUT2D eigenvalue weighted by molar-refractivity contribution is -0.138. The first-order chi connectivity index (χ1) is 21.4. The summed E-state index contributed by atoms with van der Waals surface area (Å²) in [5, 5.41) is 18.1. The SMILES string of the molecule is CN(C)Cc1cc(OCCCCCCc2cccc(OCCCC(=O)O)c2CCC(=O)O)cc(-c2cccc(S(C)(=O)=O)c2)c1. The van der Waals surface area contributed by atoms with Crippen LogP contribution in [-0.4, -0.2) is 69.0 Å². The molecule has 2 N–H and O–H groups in total. The quantitative estimate of drug-likeness (QED) is 0.138. The van der Waals surface area contributed by atoms with E-state index in [9.17, 15) is 23.1 Å². The number of hydrogen-bond acceptors (Lipinski definition) is 7. The minimum atomic E-state index is -3.32. The predicted octanol–water partition coefficient (Wildman–Crippen LogP) is 6.26. The molecule has 244 valence electrons. The van der Waals surface area contributed by atoms with Crippen molar-refractivity contribution < 1.29 is 37.7 Å². The fraction of sp³-hybridized carbons (Fsp3) is 0.429. The normalized spacial score (nSPS) is 11.5. The smallest absolute Gasteiger partial charge is 0.303 e. The summed E-state index contributed by atoms with van der Waals surface area (Å²) in [7, 11) is 0.675. The van der Waals surface area contributed by atoms with E-state index in [1.165, 1.54) is 6.26 Å². The molecule has 3 aromatic carbocycles. The molecular formula is C35H45NO8S. The molecule has 3 rings (SSSR count). The number of carbonyl (C=O) groups is 2. The van der Waals surface area contributed by atoms with E-state index in [1.54, 1.807) is 18.2 Å².